The number of aromatic nitrogens is 5. The minimum atomic E-state index is -0.535. The van der Waals surface area contributed by atoms with Crippen molar-refractivity contribution in [2.75, 3.05) is 6.79 Å². The second-order valence-electron chi connectivity index (χ2n) is 7.10. The third-order valence-corrected chi connectivity index (χ3v) is 6.21. The van der Waals surface area contributed by atoms with E-state index in [0.717, 1.165) is 14.8 Å². The van der Waals surface area contributed by atoms with Crippen molar-refractivity contribution in [1.82, 2.24) is 23.3 Å². The molecule has 1 amide bonds. The van der Waals surface area contributed by atoms with Crippen LogP contribution in [-0.2, 0) is 32.0 Å². The predicted octanol–water partition coefficient (Wildman–Crippen LogP) is -0.0607. The van der Waals surface area contributed by atoms with E-state index in [4.69, 9.17) is 15.9 Å². The Kier molecular flexibility index (Phi) is 4.49. The number of rotatable bonds is 3. The molecule has 4 aromatic rings. The molecule has 12 heteroatoms. The van der Waals surface area contributed by atoms with E-state index in [2.05, 4.69) is 15.9 Å². The molecule has 0 aliphatic carbocycles. The van der Waals surface area contributed by atoms with E-state index in [9.17, 15) is 14.4 Å². The topological polar surface area (TPSA) is 115 Å². The fourth-order valence-corrected chi connectivity index (χ4v) is 4.65. The van der Waals surface area contributed by atoms with Crippen molar-refractivity contribution in [3.63, 3.8) is 0 Å². The molecule has 1 aliphatic rings. The largest absolute Gasteiger partial charge is 0.454 e. The van der Waals surface area contributed by atoms with Crippen molar-refractivity contribution >= 4 is 38.6 Å². The zero-order chi connectivity index (χ0) is 22.6. The van der Waals surface area contributed by atoms with E-state index in [-0.39, 0.29) is 31.0 Å². The maximum absolute atomic E-state index is 12.8. The molecular formula is C20H16N6O5S. The quantitative estimate of drug-likeness (QED) is 0.402. The summed E-state index contributed by atoms with van der Waals surface area (Å²) in [7, 11) is 2.89. The van der Waals surface area contributed by atoms with E-state index in [1.54, 1.807) is 4.57 Å². The van der Waals surface area contributed by atoms with Gasteiger partial charge in [-0.25, -0.2) is 9.78 Å². The highest BCUT2D eigenvalue weighted by Crippen LogP contribution is 2.36. The average molecular weight is 452 g/mol. The van der Waals surface area contributed by atoms with Gasteiger partial charge in [-0.1, -0.05) is 17.3 Å². The maximum Gasteiger partial charge on any atom is 0.332 e. The highest BCUT2D eigenvalue weighted by atomic mass is 32.1. The fourth-order valence-electron chi connectivity index (χ4n) is 3.59. The third-order valence-electron chi connectivity index (χ3n) is 5.17. The number of ether oxygens (including phenoxy) is 2. The van der Waals surface area contributed by atoms with E-state index in [0.29, 0.717) is 16.3 Å². The first kappa shape index (κ1) is 19.8. The number of terminal acetylenes is 1. The molecule has 0 unspecified atom stereocenters. The molecule has 0 saturated heterocycles. The number of hydrogen-bond acceptors (Lipinski definition) is 7. The molecule has 11 nitrogen and oxygen atoms in total. The molecule has 0 saturated carbocycles. The first-order valence-electron chi connectivity index (χ1n) is 9.44. The van der Waals surface area contributed by atoms with Gasteiger partial charge >= 0.3 is 5.69 Å². The van der Waals surface area contributed by atoms with Crippen molar-refractivity contribution in [2.45, 2.75) is 13.1 Å². The predicted molar refractivity (Wildman–Crippen MR) is 116 cm³/mol. The van der Waals surface area contributed by atoms with Gasteiger partial charge in [-0.3, -0.25) is 18.7 Å². The Morgan fingerprint density at radius 1 is 1.25 bits per heavy atom. The Morgan fingerprint density at radius 2 is 2.00 bits per heavy atom. The summed E-state index contributed by atoms with van der Waals surface area (Å²) in [5, 5.41) is 0. The number of hydrogen-bond donors (Lipinski definition) is 0. The third kappa shape index (κ3) is 2.94. The Balaban J connectivity index is 1.59. The standard InChI is InChI=1S/C20H16N6O5S/c1-4-5-26-11-6-12-13(31-10-30-12)7-14(11)32-19(26)22-15(27)8-25-9-21-17-16(25)18(28)24(3)20(29)23(17)2/h1,6-7,9H,5,8,10H2,2-3H3. The van der Waals surface area contributed by atoms with Gasteiger partial charge in [-0.15, -0.1) is 6.42 Å². The van der Waals surface area contributed by atoms with Gasteiger partial charge in [0.2, 0.25) is 6.79 Å². The molecule has 1 aliphatic heterocycles. The molecule has 0 radical (unpaired) electrons. The summed E-state index contributed by atoms with van der Waals surface area (Å²) >= 11 is 1.29. The SMILES string of the molecule is C#CCn1c(=NC(=O)Cn2cnc3c2c(=O)n(C)c(=O)n3C)sc2cc3c(cc21)OCO3. The number of nitrogens with zero attached hydrogens (tertiary/aromatic N) is 6. The molecule has 5 rings (SSSR count). The molecular weight excluding hydrogens is 436 g/mol. The first-order valence-corrected chi connectivity index (χ1v) is 10.3. The number of amides is 1. The number of thiazole rings is 1. The lowest BCUT2D eigenvalue weighted by Gasteiger charge is -2.05. The first-order chi connectivity index (χ1) is 15.4. The van der Waals surface area contributed by atoms with E-state index in [1.165, 1.54) is 40.9 Å². The number of carbonyl (C=O) groups excluding carboxylic acids is 1. The van der Waals surface area contributed by atoms with Gasteiger partial charge in [-0.2, -0.15) is 4.99 Å². The Labute approximate surface area is 183 Å². The van der Waals surface area contributed by atoms with Crippen LogP contribution in [0, 0.1) is 12.3 Å². The lowest BCUT2D eigenvalue weighted by atomic mass is 10.3. The van der Waals surface area contributed by atoms with E-state index < -0.39 is 17.2 Å². The zero-order valence-corrected chi connectivity index (χ0v) is 17.9. The van der Waals surface area contributed by atoms with Crippen LogP contribution in [0.2, 0.25) is 0 Å². The molecule has 0 spiro atoms. The molecule has 0 bridgehead atoms. The number of aryl methyl sites for hydroxylation is 1. The van der Waals surface area contributed by atoms with Crippen LogP contribution < -0.4 is 25.5 Å². The van der Waals surface area contributed by atoms with E-state index in [1.807, 2.05) is 12.1 Å². The van der Waals surface area contributed by atoms with Crippen LogP contribution in [0.4, 0.5) is 0 Å². The second kappa shape index (κ2) is 7.24. The van der Waals surface area contributed by atoms with Crippen LogP contribution in [0.5, 0.6) is 11.5 Å². The average Bonchev–Trinajstić information content (AvgIpc) is 3.47. The van der Waals surface area contributed by atoms with Crippen LogP contribution in [0.15, 0.2) is 33.0 Å². The highest BCUT2D eigenvalue weighted by Gasteiger charge is 2.19. The summed E-state index contributed by atoms with van der Waals surface area (Å²) in [6.45, 7) is 0.140. The van der Waals surface area contributed by atoms with Gasteiger partial charge in [0.05, 0.1) is 23.1 Å². The Morgan fingerprint density at radius 3 is 2.75 bits per heavy atom. The van der Waals surface area contributed by atoms with Crippen LogP contribution in [0.1, 0.15) is 0 Å². The monoisotopic (exact) mass is 452 g/mol. The smallest absolute Gasteiger partial charge is 0.332 e. The van der Waals surface area contributed by atoms with Gasteiger partial charge in [0.1, 0.15) is 6.54 Å². The van der Waals surface area contributed by atoms with Gasteiger partial charge in [0.25, 0.3) is 11.5 Å². The Bertz CT molecular complexity index is 1660. The fraction of sp³-hybridized carbons (Fsp3) is 0.250. The minimum Gasteiger partial charge on any atom is -0.454 e. The Hall–Kier alpha value is -4.11. The molecule has 162 valence electrons. The van der Waals surface area contributed by atoms with Crippen molar-refractivity contribution in [3.05, 3.63) is 44.1 Å². The lowest BCUT2D eigenvalue weighted by Crippen LogP contribution is -2.37. The molecule has 1 aromatic carbocycles. The van der Waals surface area contributed by atoms with Crippen molar-refractivity contribution in [1.29, 1.82) is 0 Å². The summed E-state index contributed by atoms with van der Waals surface area (Å²) in [5.41, 5.74) is 0.0958. The molecule has 0 N–H and O–H groups in total. The van der Waals surface area contributed by atoms with Gasteiger partial charge in [-0.05, 0) is 0 Å². The van der Waals surface area contributed by atoms with Crippen molar-refractivity contribution in [2.24, 2.45) is 19.1 Å². The van der Waals surface area contributed by atoms with Crippen LogP contribution in [-0.4, -0.2) is 36.0 Å². The van der Waals surface area contributed by atoms with Crippen molar-refractivity contribution < 1.29 is 14.3 Å². The minimum absolute atomic E-state index is 0.150. The summed E-state index contributed by atoms with van der Waals surface area (Å²) in [6.07, 6.45) is 6.87. The van der Waals surface area contributed by atoms with E-state index >= 15 is 0 Å². The number of fused-ring (bicyclic) bond motifs is 3. The van der Waals surface area contributed by atoms with Crippen molar-refractivity contribution in [3.8, 4) is 23.8 Å². The summed E-state index contributed by atoms with van der Waals surface area (Å²) in [6, 6.07) is 3.63. The maximum atomic E-state index is 12.8. The highest BCUT2D eigenvalue weighted by molar-refractivity contribution is 7.16. The normalized spacial score (nSPS) is 13.2. The second-order valence-corrected chi connectivity index (χ2v) is 8.11. The van der Waals surface area contributed by atoms with Gasteiger partial charge in [0.15, 0.2) is 27.5 Å². The number of benzene rings is 1. The zero-order valence-electron chi connectivity index (χ0n) is 17.1. The van der Waals surface area contributed by atoms with Crippen LogP contribution >= 0.6 is 11.3 Å². The lowest BCUT2D eigenvalue weighted by molar-refractivity contribution is -0.118. The summed E-state index contributed by atoms with van der Waals surface area (Å²) in [4.78, 5) is 46.2. The van der Waals surface area contributed by atoms with Gasteiger partial charge in [0, 0.05) is 26.2 Å². The number of carbonyl (C=O) groups is 1. The molecule has 32 heavy (non-hydrogen) atoms. The molecule has 3 aromatic heterocycles. The molecule has 0 fully saturated rings. The summed E-state index contributed by atoms with van der Waals surface area (Å²) < 4.78 is 17.0. The molecule has 0 atom stereocenters. The molecule has 4 heterocycles. The van der Waals surface area contributed by atoms with Gasteiger partial charge < -0.3 is 18.6 Å². The summed E-state index contributed by atoms with van der Waals surface area (Å²) in [5.74, 6) is 3.29. The van der Waals surface area contributed by atoms with Crippen LogP contribution in [0.3, 0.4) is 0 Å². The number of imidazole rings is 1. The van der Waals surface area contributed by atoms with Crippen LogP contribution in [0.25, 0.3) is 21.4 Å².